The summed E-state index contributed by atoms with van der Waals surface area (Å²) in [6.45, 7) is 6.45. The molecule has 0 aromatic rings. The standard InChI is InChI=1S/C13H25N3O3/c1-9(2)8-19-12(17)15-13(11(14)16-18)6-4-10(3)5-7-13/h9-10,18H,4-8H2,1-3H3,(H2,14,16)(H,15,17). The van der Waals surface area contributed by atoms with E-state index in [-0.39, 0.29) is 11.8 Å². The van der Waals surface area contributed by atoms with Crippen molar-refractivity contribution in [2.45, 2.75) is 52.0 Å². The van der Waals surface area contributed by atoms with Gasteiger partial charge in [0.2, 0.25) is 0 Å². The van der Waals surface area contributed by atoms with Gasteiger partial charge < -0.3 is 21.0 Å². The molecular formula is C13H25N3O3. The average Bonchev–Trinajstić information content (AvgIpc) is 2.38. The third-order valence-corrected chi connectivity index (χ3v) is 3.61. The number of hydrogen-bond donors (Lipinski definition) is 3. The first-order valence-corrected chi connectivity index (χ1v) is 6.82. The topological polar surface area (TPSA) is 96.9 Å². The number of oxime groups is 1. The SMILES string of the molecule is CC(C)COC(=O)NC1(/C(N)=N/O)CCC(C)CC1. The summed E-state index contributed by atoms with van der Waals surface area (Å²) in [5.74, 6) is 0.922. The van der Waals surface area contributed by atoms with Gasteiger partial charge in [0.05, 0.1) is 6.61 Å². The van der Waals surface area contributed by atoms with Crippen LogP contribution in [0.15, 0.2) is 5.16 Å². The minimum Gasteiger partial charge on any atom is -0.449 e. The third-order valence-electron chi connectivity index (χ3n) is 3.61. The molecule has 4 N–H and O–H groups in total. The summed E-state index contributed by atoms with van der Waals surface area (Å²) < 4.78 is 5.11. The van der Waals surface area contributed by atoms with Gasteiger partial charge in [0.25, 0.3) is 0 Å². The molecule has 6 nitrogen and oxygen atoms in total. The minimum absolute atomic E-state index is 0.0564. The summed E-state index contributed by atoms with van der Waals surface area (Å²) in [6.07, 6.45) is 2.69. The van der Waals surface area contributed by atoms with Crippen molar-refractivity contribution in [3.63, 3.8) is 0 Å². The Morgan fingerprint density at radius 3 is 2.58 bits per heavy atom. The fraction of sp³-hybridized carbons (Fsp3) is 0.846. The molecular weight excluding hydrogens is 246 g/mol. The number of hydrogen-bond acceptors (Lipinski definition) is 4. The number of nitrogens with two attached hydrogens (primary N) is 1. The highest BCUT2D eigenvalue weighted by atomic mass is 16.5. The van der Waals surface area contributed by atoms with E-state index in [1.165, 1.54) is 0 Å². The molecule has 0 unspecified atom stereocenters. The fourth-order valence-electron chi connectivity index (χ4n) is 2.27. The lowest BCUT2D eigenvalue weighted by molar-refractivity contribution is 0.119. The normalized spacial score (nSPS) is 28.2. The van der Waals surface area contributed by atoms with Crippen LogP contribution in [0.2, 0.25) is 0 Å². The number of nitrogens with one attached hydrogen (secondary N) is 1. The molecule has 0 spiro atoms. The Morgan fingerprint density at radius 2 is 2.11 bits per heavy atom. The molecule has 110 valence electrons. The second kappa shape index (κ2) is 6.63. The second-order valence-electron chi connectivity index (χ2n) is 5.87. The van der Waals surface area contributed by atoms with Crippen molar-refractivity contribution in [3.8, 4) is 0 Å². The Morgan fingerprint density at radius 1 is 1.53 bits per heavy atom. The summed E-state index contributed by atoms with van der Waals surface area (Å²) in [7, 11) is 0. The molecule has 1 saturated carbocycles. The highest BCUT2D eigenvalue weighted by Gasteiger charge is 2.40. The molecule has 1 fully saturated rings. The van der Waals surface area contributed by atoms with Crippen molar-refractivity contribution in [1.29, 1.82) is 0 Å². The van der Waals surface area contributed by atoms with E-state index < -0.39 is 11.6 Å². The smallest absolute Gasteiger partial charge is 0.407 e. The van der Waals surface area contributed by atoms with Crippen molar-refractivity contribution in [2.75, 3.05) is 6.61 Å². The summed E-state index contributed by atoms with van der Waals surface area (Å²) in [5, 5.41) is 14.8. The number of carbonyl (C=O) groups is 1. The number of amidine groups is 1. The third kappa shape index (κ3) is 4.29. The number of rotatable bonds is 4. The van der Waals surface area contributed by atoms with Gasteiger partial charge in [0.1, 0.15) is 5.54 Å². The van der Waals surface area contributed by atoms with Crippen LogP contribution in [-0.2, 0) is 4.74 Å². The highest BCUT2D eigenvalue weighted by molar-refractivity contribution is 5.92. The fourth-order valence-corrected chi connectivity index (χ4v) is 2.27. The van der Waals surface area contributed by atoms with E-state index >= 15 is 0 Å². The van der Waals surface area contributed by atoms with E-state index in [2.05, 4.69) is 17.4 Å². The first-order chi connectivity index (χ1) is 8.89. The van der Waals surface area contributed by atoms with E-state index in [0.717, 1.165) is 12.8 Å². The lowest BCUT2D eigenvalue weighted by atomic mass is 9.76. The molecule has 0 aromatic carbocycles. The number of nitrogens with zero attached hydrogens (tertiary/aromatic N) is 1. The number of amides is 1. The zero-order valence-electron chi connectivity index (χ0n) is 12.0. The molecule has 0 aromatic heterocycles. The molecule has 6 heteroatoms. The molecule has 0 radical (unpaired) electrons. The maximum atomic E-state index is 11.8. The first kappa shape index (κ1) is 15.6. The zero-order valence-corrected chi connectivity index (χ0v) is 12.0. The van der Waals surface area contributed by atoms with E-state index in [4.69, 9.17) is 15.7 Å². The summed E-state index contributed by atoms with van der Waals surface area (Å²) in [5.41, 5.74) is 4.99. The Kier molecular flexibility index (Phi) is 5.44. The Bertz CT molecular complexity index is 334. The van der Waals surface area contributed by atoms with Gasteiger partial charge in [0.15, 0.2) is 5.84 Å². The van der Waals surface area contributed by atoms with Crippen molar-refractivity contribution in [1.82, 2.24) is 5.32 Å². The van der Waals surface area contributed by atoms with Crippen LogP contribution >= 0.6 is 0 Å². The van der Waals surface area contributed by atoms with Crippen molar-refractivity contribution in [3.05, 3.63) is 0 Å². The van der Waals surface area contributed by atoms with E-state index in [1.54, 1.807) is 0 Å². The second-order valence-corrected chi connectivity index (χ2v) is 5.87. The van der Waals surface area contributed by atoms with E-state index in [1.807, 2.05) is 13.8 Å². The monoisotopic (exact) mass is 271 g/mol. The molecule has 1 aliphatic carbocycles. The zero-order chi connectivity index (χ0) is 14.5. The molecule has 0 atom stereocenters. The predicted molar refractivity (Wildman–Crippen MR) is 73.1 cm³/mol. The molecule has 19 heavy (non-hydrogen) atoms. The number of carbonyl (C=O) groups excluding carboxylic acids is 1. The lowest BCUT2D eigenvalue weighted by Gasteiger charge is -2.38. The van der Waals surface area contributed by atoms with E-state index in [9.17, 15) is 4.79 Å². The molecule has 1 aliphatic rings. The molecule has 0 saturated heterocycles. The lowest BCUT2D eigenvalue weighted by Crippen LogP contribution is -2.59. The highest BCUT2D eigenvalue weighted by Crippen LogP contribution is 2.32. The van der Waals surface area contributed by atoms with E-state index in [0.29, 0.717) is 25.4 Å². The van der Waals surface area contributed by atoms with Crippen LogP contribution in [0.3, 0.4) is 0 Å². The Balaban J connectivity index is 2.68. The molecule has 0 heterocycles. The van der Waals surface area contributed by atoms with Crippen molar-refractivity contribution < 1.29 is 14.7 Å². The Labute approximate surface area is 114 Å². The van der Waals surface area contributed by atoms with Crippen molar-refractivity contribution in [2.24, 2.45) is 22.7 Å². The van der Waals surface area contributed by atoms with Crippen LogP contribution in [0.25, 0.3) is 0 Å². The van der Waals surface area contributed by atoms with Crippen LogP contribution in [0.5, 0.6) is 0 Å². The van der Waals surface area contributed by atoms with Crippen LogP contribution in [0.1, 0.15) is 46.5 Å². The van der Waals surface area contributed by atoms with Gasteiger partial charge in [-0.15, -0.1) is 0 Å². The van der Waals surface area contributed by atoms with Gasteiger partial charge in [-0.05, 0) is 37.5 Å². The van der Waals surface area contributed by atoms with Crippen LogP contribution < -0.4 is 11.1 Å². The first-order valence-electron chi connectivity index (χ1n) is 6.82. The summed E-state index contributed by atoms with van der Waals surface area (Å²) >= 11 is 0. The van der Waals surface area contributed by atoms with Crippen LogP contribution in [0, 0.1) is 11.8 Å². The van der Waals surface area contributed by atoms with Gasteiger partial charge in [-0.1, -0.05) is 25.9 Å². The van der Waals surface area contributed by atoms with Gasteiger partial charge in [0, 0.05) is 0 Å². The van der Waals surface area contributed by atoms with Gasteiger partial charge in [-0.25, -0.2) is 4.79 Å². The minimum atomic E-state index is -0.769. The average molecular weight is 271 g/mol. The Hall–Kier alpha value is -1.46. The van der Waals surface area contributed by atoms with Crippen LogP contribution in [-0.4, -0.2) is 29.3 Å². The quantitative estimate of drug-likeness (QED) is 0.315. The summed E-state index contributed by atoms with van der Waals surface area (Å²) in [6, 6.07) is 0. The van der Waals surface area contributed by atoms with Gasteiger partial charge in [-0.3, -0.25) is 0 Å². The van der Waals surface area contributed by atoms with Crippen molar-refractivity contribution >= 4 is 11.9 Å². The predicted octanol–water partition coefficient (Wildman–Crippen LogP) is 2.06. The molecule has 1 amide bonds. The largest absolute Gasteiger partial charge is 0.449 e. The number of alkyl carbamates (subject to hydrolysis) is 1. The summed E-state index contributed by atoms with van der Waals surface area (Å²) in [4.78, 5) is 11.8. The van der Waals surface area contributed by atoms with Gasteiger partial charge >= 0.3 is 6.09 Å². The van der Waals surface area contributed by atoms with Gasteiger partial charge in [-0.2, -0.15) is 0 Å². The van der Waals surface area contributed by atoms with Crippen LogP contribution in [0.4, 0.5) is 4.79 Å². The molecule has 1 rings (SSSR count). The molecule has 0 bridgehead atoms. The number of ether oxygens (including phenoxy) is 1. The molecule has 0 aliphatic heterocycles. The maximum Gasteiger partial charge on any atom is 0.407 e. The maximum absolute atomic E-state index is 11.8.